The van der Waals surface area contributed by atoms with Gasteiger partial charge in [0, 0.05) is 29.2 Å². The Morgan fingerprint density at radius 2 is 1.90 bits per heavy atom. The van der Waals surface area contributed by atoms with Crippen molar-refractivity contribution in [1.82, 2.24) is 14.8 Å². The maximum atomic E-state index is 13.1. The van der Waals surface area contributed by atoms with E-state index in [1.54, 1.807) is 18.3 Å². The molecule has 2 heterocycles. The van der Waals surface area contributed by atoms with Gasteiger partial charge >= 0.3 is 0 Å². The molecule has 1 aromatic heterocycles. The molecule has 0 saturated carbocycles. The Bertz CT molecular complexity index is 1180. The van der Waals surface area contributed by atoms with Gasteiger partial charge in [0.15, 0.2) is 0 Å². The Labute approximate surface area is 180 Å². The predicted octanol–water partition coefficient (Wildman–Crippen LogP) is 3.25. The number of aliphatic hydroxyl groups excluding tert-OH is 1. The molecule has 1 fully saturated rings. The van der Waals surface area contributed by atoms with Crippen LogP contribution in [0.1, 0.15) is 23.6 Å². The molecule has 0 spiro atoms. The van der Waals surface area contributed by atoms with Crippen molar-refractivity contribution in [3.8, 4) is 5.75 Å². The first-order valence-electron chi connectivity index (χ1n) is 10.2. The molecular weight excluding hydrogens is 394 g/mol. The fraction of sp³-hybridized carbons (Fsp3) is 0.250. The van der Waals surface area contributed by atoms with Crippen LogP contribution in [0.3, 0.4) is 0 Å². The highest BCUT2D eigenvalue weighted by atomic mass is 16.3. The number of phenols is 1. The third kappa shape index (κ3) is 3.80. The number of ketones is 1. The lowest BCUT2D eigenvalue weighted by atomic mass is 9.95. The van der Waals surface area contributed by atoms with Gasteiger partial charge in [0.1, 0.15) is 11.5 Å². The van der Waals surface area contributed by atoms with Crippen molar-refractivity contribution in [3.05, 3.63) is 71.4 Å². The van der Waals surface area contributed by atoms with E-state index in [4.69, 9.17) is 0 Å². The van der Waals surface area contributed by atoms with Gasteiger partial charge in [-0.05, 0) is 50.8 Å². The number of aromatic hydroxyl groups is 1. The van der Waals surface area contributed by atoms with Crippen LogP contribution in [-0.4, -0.2) is 63.9 Å². The van der Waals surface area contributed by atoms with Gasteiger partial charge in [0.05, 0.1) is 11.6 Å². The van der Waals surface area contributed by atoms with Crippen LogP contribution in [0.25, 0.3) is 16.7 Å². The number of rotatable bonds is 6. The van der Waals surface area contributed by atoms with E-state index in [-0.39, 0.29) is 17.1 Å². The number of nitrogens with zero attached hydrogens (tertiary/aromatic N) is 2. The van der Waals surface area contributed by atoms with Crippen LogP contribution in [0.4, 0.5) is 0 Å². The quantitative estimate of drug-likeness (QED) is 0.324. The predicted molar refractivity (Wildman–Crippen MR) is 119 cm³/mol. The molecule has 0 bridgehead atoms. The molecule has 7 heteroatoms. The highest BCUT2D eigenvalue weighted by Gasteiger charge is 2.46. The smallest absolute Gasteiger partial charge is 0.295 e. The molecule has 1 amide bonds. The number of H-pyrrole nitrogens is 1. The topological polar surface area (TPSA) is 96.9 Å². The molecule has 1 aliphatic heterocycles. The number of amides is 1. The van der Waals surface area contributed by atoms with E-state index in [0.717, 1.165) is 17.4 Å². The first-order chi connectivity index (χ1) is 14.9. The van der Waals surface area contributed by atoms with Crippen molar-refractivity contribution < 1.29 is 19.8 Å². The number of hydrogen-bond acceptors (Lipinski definition) is 5. The van der Waals surface area contributed by atoms with Gasteiger partial charge in [-0.3, -0.25) is 9.59 Å². The number of benzene rings is 2. The minimum atomic E-state index is -0.775. The van der Waals surface area contributed by atoms with Gasteiger partial charge in [-0.25, -0.2) is 0 Å². The molecule has 4 rings (SSSR count). The van der Waals surface area contributed by atoms with Crippen molar-refractivity contribution in [1.29, 1.82) is 0 Å². The molecule has 0 radical (unpaired) electrons. The van der Waals surface area contributed by atoms with Crippen LogP contribution in [0.5, 0.6) is 5.75 Å². The average Bonchev–Trinajstić information content (AvgIpc) is 3.28. The summed E-state index contributed by atoms with van der Waals surface area (Å²) >= 11 is 0. The van der Waals surface area contributed by atoms with E-state index >= 15 is 0 Å². The third-order valence-corrected chi connectivity index (χ3v) is 5.57. The summed E-state index contributed by atoms with van der Waals surface area (Å²) in [6.45, 7) is 1.10. The number of Topliss-reactive ketones (excluding diaryl/α,β-unsaturated/α-hetero) is 1. The van der Waals surface area contributed by atoms with Gasteiger partial charge < -0.3 is 25.0 Å². The highest BCUT2D eigenvalue weighted by molar-refractivity contribution is 6.46. The Balaban J connectivity index is 1.85. The van der Waals surface area contributed by atoms with Crippen LogP contribution in [0.2, 0.25) is 0 Å². The molecule has 3 N–H and O–H groups in total. The zero-order chi connectivity index (χ0) is 22.1. The molecule has 0 aliphatic carbocycles. The normalized spacial score (nSPS) is 18.4. The lowest BCUT2D eigenvalue weighted by Gasteiger charge is -2.26. The van der Waals surface area contributed by atoms with Crippen molar-refractivity contribution in [3.63, 3.8) is 0 Å². The number of fused-ring (bicyclic) bond motifs is 1. The highest BCUT2D eigenvalue weighted by Crippen LogP contribution is 2.41. The third-order valence-electron chi connectivity index (χ3n) is 5.57. The zero-order valence-electron chi connectivity index (χ0n) is 17.5. The Morgan fingerprint density at radius 3 is 2.65 bits per heavy atom. The summed E-state index contributed by atoms with van der Waals surface area (Å²) in [5.41, 5.74) is 1.89. The maximum Gasteiger partial charge on any atom is 0.295 e. The number of carbonyl (C=O) groups is 2. The second-order valence-electron chi connectivity index (χ2n) is 7.99. The Hall–Kier alpha value is -3.58. The molecular formula is C24H25N3O4. The van der Waals surface area contributed by atoms with E-state index < -0.39 is 17.7 Å². The van der Waals surface area contributed by atoms with Gasteiger partial charge in [-0.2, -0.15) is 0 Å². The van der Waals surface area contributed by atoms with Gasteiger partial charge in [-0.15, -0.1) is 0 Å². The van der Waals surface area contributed by atoms with Crippen LogP contribution >= 0.6 is 0 Å². The van der Waals surface area contributed by atoms with Gasteiger partial charge in [-0.1, -0.05) is 30.3 Å². The van der Waals surface area contributed by atoms with E-state index in [1.807, 2.05) is 43.3 Å². The first-order valence-corrected chi connectivity index (χ1v) is 10.2. The van der Waals surface area contributed by atoms with Crippen molar-refractivity contribution >= 4 is 28.4 Å². The molecule has 2 aromatic carbocycles. The summed E-state index contributed by atoms with van der Waals surface area (Å²) in [5, 5.41) is 22.0. The maximum absolute atomic E-state index is 13.1. The number of likely N-dealkylation sites (tertiary alicyclic amines) is 1. The van der Waals surface area contributed by atoms with Gasteiger partial charge in [0.25, 0.3) is 11.7 Å². The lowest BCUT2D eigenvalue weighted by molar-refractivity contribution is -0.139. The van der Waals surface area contributed by atoms with Gasteiger partial charge in [0.2, 0.25) is 0 Å². The fourth-order valence-corrected chi connectivity index (χ4v) is 4.12. The standard InChI is InChI=1S/C24H25N3O4/c1-26(2)11-6-12-27-21(15-7-5-8-16(28)13-15)20(23(30)24(27)31)22(29)18-14-25-19-10-4-3-9-17(18)19/h3-5,7-10,13-14,21,25,28-29H,6,11-12H2,1-2H3/b22-20-. The number of phenolic OH excluding ortho intramolecular Hbond substituents is 1. The molecule has 3 aromatic rings. The fourth-order valence-electron chi connectivity index (χ4n) is 4.12. The number of aliphatic hydroxyl groups is 1. The largest absolute Gasteiger partial charge is 0.508 e. The summed E-state index contributed by atoms with van der Waals surface area (Å²) in [7, 11) is 3.88. The number of aromatic amines is 1. The summed E-state index contributed by atoms with van der Waals surface area (Å²) in [6.07, 6.45) is 2.31. The summed E-state index contributed by atoms with van der Waals surface area (Å²) < 4.78 is 0. The minimum Gasteiger partial charge on any atom is -0.508 e. The Kier molecular flexibility index (Phi) is 5.52. The summed E-state index contributed by atoms with van der Waals surface area (Å²) in [6, 6.07) is 13.1. The second kappa shape index (κ2) is 8.28. The van der Waals surface area contributed by atoms with Crippen molar-refractivity contribution in [2.24, 2.45) is 0 Å². The molecule has 7 nitrogen and oxygen atoms in total. The number of carbonyl (C=O) groups excluding carboxylic acids is 2. The molecule has 1 unspecified atom stereocenters. The number of para-hydroxylation sites is 1. The molecule has 160 valence electrons. The minimum absolute atomic E-state index is 0.0310. The first kappa shape index (κ1) is 20.7. The van der Waals surface area contributed by atoms with Crippen LogP contribution in [0.15, 0.2) is 60.3 Å². The number of hydrogen-bond donors (Lipinski definition) is 3. The Morgan fingerprint density at radius 1 is 1.13 bits per heavy atom. The lowest BCUT2D eigenvalue weighted by Crippen LogP contribution is -2.32. The molecule has 1 saturated heterocycles. The zero-order valence-corrected chi connectivity index (χ0v) is 17.5. The van der Waals surface area contributed by atoms with Crippen LogP contribution in [0, 0.1) is 0 Å². The van der Waals surface area contributed by atoms with E-state index in [9.17, 15) is 19.8 Å². The van der Waals surface area contributed by atoms with Crippen LogP contribution in [-0.2, 0) is 9.59 Å². The molecule has 1 aliphatic rings. The van der Waals surface area contributed by atoms with E-state index in [2.05, 4.69) is 4.98 Å². The van der Waals surface area contributed by atoms with Crippen molar-refractivity contribution in [2.75, 3.05) is 27.2 Å². The van der Waals surface area contributed by atoms with Crippen molar-refractivity contribution in [2.45, 2.75) is 12.5 Å². The summed E-state index contributed by atoms with van der Waals surface area (Å²) in [4.78, 5) is 32.6. The van der Waals surface area contributed by atoms with Crippen LogP contribution < -0.4 is 0 Å². The summed E-state index contributed by atoms with van der Waals surface area (Å²) in [5.74, 6) is -1.56. The molecule has 1 atom stereocenters. The molecule has 31 heavy (non-hydrogen) atoms. The monoisotopic (exact) mass is 419 g/mol. The number of nitrogens with one attached hydrogen (secondary N) is 1. The average molecular weight is 419 g/mol. The second-order valence-corrected chi connectivity index (χ2v) is 7.99. The SMILES string of the molecule is CN(C)CCCN1C(=O)C(=O)/C(=C(\O)c2c[nH]c3ccccc23)C1c1cccc(O)c1. The van der Waals surface area contributed by atoms with E-state index in [1.165, 1.54) is 17.0 Å². The number of aromatic nitrogens is 1. The van der Waals surface area contributed by atoms with E-state index in [0.29, 0.717) is 24.1 Å².